The number of benzene rings is 2. The minimum atomic E-state index is -0.223. The predicted octanol–water partition coefficient (Wildman–Crippen LogP) is 6.02. The van der Waals surface area contributed by atoms with Gasteiger partial charge in [-0.1, -0.05) is 60.1 Å². The highest BCUT2D eigenvalue weighted by Crippen LogP contribution is 2.32. The van der Waals surface area contributed by atoms with E-state index in [9.17, 15) is 4.79 Å². The SMILES string of the molecule is Cc1cc(OCC(=O)Nc2nc(-c3ccccc3)cs2)c(C(C)C)cc1Br. The Morgan fingerprint density at radius 1 is 1.26 bits per heavy atom. The Balaban J connectivity index is 1.64. The standard InChI is InChI=1S/C21H21BrN2O2S/c1-13(2)16-10-17(22)14(3)9-19(16)26-11-20(25)24-21-23-18(12-27-21)15-7-5-4-6-8-15/h4-10,12-13H,11H2,1-3H3,(H,23,24,25). The quantitative estimate of drug-likeness (QED) is 0.505. The van der Waals surface area contributed by atoms with Crippen LogP contribution in [0, 0.1) is 6.92 Å². The summed E-state index contributed by atoms with van der Waals surface area (Å²) < 4.78 is 6.84. The molecule has 140 valence electrons. The Morgan fingerprint density at radius 2 is 2.00 bits per heavy atom. The third-order valence-corrected chi connectivity index (χ3v) is 5.70. The fourth-order valence-corrected chi connectivity index (χ4v) is 3.71. The van der Waals surface area contributed by atoms with E-state index in [0.29, 0.717) is 11.0 Å². The van der Waals surface area contributed by atoms with Crippen molar-refractivity contribution in [2.75, 3.05) is 11.9 Å². The Morgan fingerprint density at radius 3 is 2.70 bits per heavy atom. The van der Waals surface area contributed by atoms with Crippen molar-refractivity contribution in [1.82, 2.24) is 4.98 Å². The summed E-state index contributed by atoms with van der Waals surface area (Å²) >= 11 is 4.95. The van der Waals surface area contributed by atoms with Crippen LogP contribution in [-0.2, 0) is 4.79 Å². The summed E-state index contributed by atoms with van der Waals surface area (Å²) in [5, 5.41) is 5.31. The molecule has 1 amide bonds. The van der Waals surface area contributed by atoms with Crippen LogP contribution in [0.25, 0.3) is 11.3 Å². The maximum absolute atomic E-state index is 12.3. The first-order chi connectivity index (χ1) is 12.9. The minimum absolute atomic E-state index is 0.0545. The average Bonchev–Trinajstić information content (AvgIpc) is 3.11. The number of anilines is 1. The van der Waals surface area contributed by atoms with Crippen molar-refractivity contribution >= 4 is 38.3 Å². The van der Waals surface area contributed by atoms with E-state index in [-0.39, 0.29) is 12.5 Å². The molecule has 0 aliphatic carbocycles. The molecule has 0 saturated heterocycles. The van der Waals surface area contributed by atoms with E-state index in [2.05, 4.69) is 46.1 Å². The lowest BCUT2D eigenvalue weighted by Gasteiger charge is -2.15. The van der Waals surface area contributed by atoms with Crippen LogP contribution in [0.4, 0.5) is 5.13 Å². The van der Waals surface area contributed by atoms with E-state index in [0.717, 1.165) is 32.6 Å². The maximum Gasteiger partial charge on any atom is 0.264 e. The second kappa shape index (κ2) is 8.67. The van der Waals surface area contributed by atoms with Crippen LogP contribution in [0.15, 0.2) is 52.3 Å². The van der Waals surface area contributed by atoms with Crippen LogP contribution in [0.1, 0.15) is 30.9 Å². The maximum atomic E-state index is 12.3. The summed E-state index contributed by atoms with van der Waals surface area (Å²) in [4.78, 5) is 16.8. The van der Waals surface area contributed by atoms with Gasteiger partial charge in [-0.3, -0.25) is 10.1 Å². The lowest BCUT2D eigenvalue weighted by atomic mass is 10.0. The molecule has 0 saturated carbocycles. The van der Waals surface area contributed by atoms with Crippen molar-refractivity contribution in [1.29, 1.82) is 0 Å². The van der Waals surface area contributed by atoms with E-state index in [1.807, 2.05) is 48.7 Å². The van der Waals surface area contributed by atoms with Gasteiger partial charge in [-0.05, 0) is 36.1 Å². The number of thiazole rings is 1. The highest BCUT2D eigenvalue weighted by molar-refractivity contribution is 9.10. The fourth-order valence-electron chi connectivity index (χ4n) is 2.62. The van der Waals surface area contributed by atoms with Crippen molar-refractivity contribution in [3.63, 3.8) is 0 Å². The summed E-state index contributed by atoms with van der Waals surface area (Å²) in [6, 6.07) is 13.9. The number of halogens is 1. The number of aromatic nitrogens is 1. The van der Waals surface area contributed by atoms with E-state index >= 15 is 0 Å². The van der Waals surface area contributed by atoms with Crippen molar-refractivity contribution in [2.45, 2.75) is 26.7 Å². The number of hydrogen-bond donors (Lipinski definition) is 1. The largest absolute Gasteiger partial charge is 0.483 e. The van der Waals surface area contributed by atoms with Gasteiger partial charge in [0.25, 0.3) is 5.91 Å². The molecule has 4 nitrogen and oxygen atoms in total. The molecule has 0 atom stereocenters. The van der Waals surface area contributed by atoms with Crippen molar-refractivity contribution in [3.8, 4) is 17.0 Å². The molecular weight excluding hydrogens is 424 g/mol. The Bertz CT molecular complexity index is 939. The topological polar surface area (TPSA) is 51.2 Å². The number of nitrogens with one attached hydrogen (secondary N) is 1. The van der Waals surface area contributed by atoms with Crippen LogP contribution in [0.5, 0.6) is 5.75 Å². The molecule has 0 unspecified atom stereocenters. The zero-order chi connectivity index (χ0) is 19.4. The van der Waals surface area contributed by atoms with Crippen LogP contribution >= 0.6 is 27.3 Å². The van der Waals surface area contributed by atoms with Crippen LogP contribution < -0.4 is 10.1 Å². The smallest absolute Gasteiger partial charge is 0.264 e. The summed E-state index contributed by atoms with van der Waals surface area (Å²) in [5.41, 5.74) is 4.02. The third kappa shape index (κ3) is 4.96. The molecule has 3 aromatic rings. The molecule has 0 radical (unpaired) electrons. The molecular formula is C21H21BrN2O2S. The van der Waals surface area contributed by atoms with Gasteiger partial charge in [-0.15, -0.1) is 11.3 Å². The second-order valence-electron chi connectivity index (χ2n) is 6.53. The third-order valence-electron chi connectivity index (χ3n) is 4.09. The minimum Gasteiger partial charge on any atom is -0.483 e. The average molecular weight is 445 g/mol. The molecule has 0 bridgehead atoms. The van der Waals surface area contributed by atoms with Crippen LogP contribution in [0.2, 0.25) is 0 Å². The highest BCUT2D eigenvalue weighted by atomic mass is 79.9. The number of carbonyl (C=O) groups excluding carboxylic acids is 1. The number of ether oxygens (including phenoxy) is 1. The van der Waals surface area contributed by atoms with E-state index < -0.39 is 0 Å². The van der Waals surface area contributed by atoms with Gasteiger partial charge in [-0.2, -0.15) is 0 Å². The number of aryl methyl sites for hydroxylation is 1. The molecule has 3 rings (SSSR count). The Kier molecular flexibility index (Phi) is 6.29. The first-order valence-electron chi connectivity index (χ1n) is 8.67. The van der Waals surface area contributed by atoms with Gasteiger partial charge in [0.1, 0.15) is 5.75 Å². The molecule has 0 spiro atoms. The molecule has 1 heterocycles. The zero-order valence-corrected chi connectivity index (χ0v) is 17.9. The number of rotatable bonds is 6. The molecule has 0 fully saturated rings. The van der Waals surface area contributed by atoms with Gasteiger partial charge in [0, 0.05) is 15.4 Å². The fraction of sp³-hybridized carbons (Fsp3) is 0.238. The number of nitrogens with zero attached hydrogens (tertiary/aromatic N) is 1. The summed E-state index contributed by atoms with van der Waals surface area (Å²) in [6.07, 6.45) is 0. The summed E-state index contributed by atoms with van der Waals surface area (Å²) in [5.74, 6) is 0.816. The second-order valence-corrected chi connectivity index (χ2v) is 8.25. The van der Waals surface area contributed by atoms with Crippen molar-refractivity contribution < 1.29 is 9.53 Å². The molecule has 1 aromatic heterocycles. The van der Waals surface area contributed by atoms with Gasteiger partial charge >= 0.3 is 0 Å². The normalized spacial score (nSPS) is 10.9. The number of amides is 1. The van der Waals surface area contributed by atoms with Crippen molar-refractivity contribution in [2.24, 2.45) is 0 Å². The number of carbonyl (C=O) groups is 1. The number of hydrogen-bond acceptors (Lipinski definition) is 4. The Labute approximate surface area is 171 Å². The van der Waals surface area contributed by atoms with Gasteiger partial charge in [0.05, 0.1) is 5.69 Å². The zero-order valence-electron chi connectivity index (χ0n) is 15.5. The molecule has 0 aliphatic heterocycles. The van der Waals surface area contributed by atoms with Gasteiger partial charge in [0.2, 0.25) is 0 Å². The predicted molar refractivity (Wildman–Crippen MR) is 115 cm³/mol. The van der Waals surface area contributed by atoms with Gasteiger partial charge < -0.3 is 4.74 Å². The molecule has 2 aromatic carbocycles. The van der Waals surface area contributed by atoms with Crippen molar-refractivity contribution in [3.05, 3.63) is 63.4 Å². The molecule has 1 N–H and O–H groups in total. The van der Waals surface area contributed by atoms with Gasteiger partial charge in [0.15, 0.2) is 11.7 Å². The molecule has 27 heavy (non-hydrogen) atoms. The van der Waals surface area contributed by atoms with Crippen LogP contribution in [0.3, 0.4) is 0 Å². The van der Waals surface area contributed by atoms with E-state index in [1.54, 1.807) is 0 Å². The van der Waals surface area contributed by atoms with E-state index in [4.69, 9.17) is 4.74 Å². The monoisotopic (exact) mass is 444 g/mol. The van der Waals surface area contributed by atoms with E-state index in [1.165, 1.54) is 11.3 Å². The first-order valence-corrected chi connectivity index (χ1v) is 10.3. The lowest BCUT2D eigenvalue weighted by molar-refractivity contribution is -0.118. The van der Waals surface area contributed by atoms with Crippen LogP contribution in [-0.4, -0.2) is 17.5 Å². The highest BCUT2D eigenvalue weighted by Gasteiger charge is 2.13. The molecule has 0 aliphatic rings. The Hall–Kier alpha value is -2.18. The first kappa shape index (κ1) is 19.6. The summed E-state index contributed by atoms with van der Waals surface area (Å²) in [6.45, 7) is 6.15. The summed E-state index contributed by atoms with van der Waals surface area (Å²) in [7, 11) is 0. The van der Waals surface area contributed by atoms with Gasteiger partial charge in [-0.25, -0.2) is 4.98 Å². The molecule has 6 heteroatoms. The lowest BCUT2D eigenvalue weighted by Crippen LogP contribution is -2.20.